The zero-order chi connectivity index (χ0) is 17.3. The number of rotatable bonds is 7. The van der Waals surface area contributed by atoms with E-state index in [4.69, 9.17) is 0 Å². The molecule has 0 fully saturated rings. The Morgan fingerprint density at radius 2 is 1.52 bits per heavy atom. The Hall–Kier alpha value is -3.21. The number of para-hydroxylation sites is 1. The van der Waals surface area contributed by atoms with E-state index >= 15 is 0 Å². The lowest BCUT2D eigenvalue weighted by atomic mass is 10.1. The number of aryl methyl sites for hydroxylation is 1. The topological polar surface area (TPSA) is 66.9 Å². The molecule has 1 aromatic heterocycles. The van der Waals surface area contributed by atoms with Crippen LogP contribution in [0.1, 0.15) is 22.3 Å². The lowest BCUT2D eigenvalue weighted by molar-refractivity contribution is 0.102. The van der Waals surface area contributed by atoms with E-state index in [2.05, 4.69) is 32.7 Å². The second-order valence-electron chi connectivity index (χ2n) is 5.63. The number of carbonyl (C=O) groups is 1. The number of amides is 1. The monoisotopic (exact) mass is 332 g/mol. The van der Waals surface area contributed by atoms with E-state index in [1.807, 2.05) is 48.5 Å². The summed E-state index contributed by atoms with van der Waals surface area (Å²) in [5.74, 6) is 0.311. The minimum absolute atomic E-state index is 0.221. The van der Waals surface area contributed by atoms with Crippen LogP contribution < -0.4 is 10.6 Å². The average molecular weight is 332 g/mol. The van der Waals surface area contributed by atoms with E-state index in [-0.39, 0.29) is 5.91 Å². The van der Waals surface area contributed by atoms with Crippen LogP contribution in [0.5, 0.6) is 0 Å². The summed E-state index contributed by atoms with van der Waals surface area (Å²) in [6.07, 6.45) is 5.06. The van der Waals surface area contributed by atoms with Crippen molar-refractivity contribution in [2.45, 2.75) is 12.8 Å². The van der Waals surface area contributed by atoms with Gasteiger partial charge in [0.05, 0.1) is 5.56 Å². The van der Waals surface area contributed by atoms with Gasteiger partial charge < -0.3 is 10.6 Å². The molecule has 5 nitrogen and oxygen atoms in total. The van der Waals surface area contributed by atoms with Crippen molar-refractivity contribution in [3.8, 4) is 0 Å². The first-order chi connectivity index (χ1) is 12.3. The zero-order valence-electron chi connectivity index (χ0n) is 13.9. The Balaban J connectivity index is 1.46. The highest BCUT2D eigenvalue weighted by atomic mass is 16.1. The van der Waals surface area contributed by atoms with Gasteiger partial charge in [-0.3, -0.25) is 4.79 Å². The van der Waals surface area contributed by atoms with Crippen molar-refractivity contribution in [2.24, 2.45) is 0 Å². The quantitative estimate of drug-likeness (QED) is 0.646. The van der Waals surface area contributed by atoms with Crippen LogP contribution in [0.4, 0.5) is 11.6 Å². The first kappa shape index (κ1) is 16.6. The van der Waals surface area contributed by atoms with Crippen molar-refractivity contribution in [3.05, 3.63) is 84.2 Å². The second-order valence-corrected chi connectivity index (χ2v) is 5.63. The van der Waals surface area contributed by atoms with Crippen molar-refractivity contribution < 1.29 is 4.79 Å². The maximum Gasteiger partial charge on any atom is 0.258 e. The highest BCUT2D eigenvalue weighted by molar-refractivity contribution is 6.03. The SMILES string of the molecule is O=C(Nc1ccccc1)c1cnc(NCCCc2ccccc2)nc1. The summed E-state index contributed by atoms with van der Waals surface area (Å²) >= 11 is 0. The molecule has 1 amide bonds. The Kier molecular flexibility index (Phi) is 5.72. The molecule has 0 spiro atoms. The standard InChI is InChI=1S/C20H20N4O/c25-19(24-18-11-5-2-6-12-18)17-14-22-20(23-15-17)21-13-7-10-16-8-3-1-4-9-16/h1-6,8-9,11-12,14-15H,7,10,13H2,(H,24,25)(H,21,22,23). The van der Waals surface area contributed by atoms with Gasteiger partial charge in [0.2, 0.25) is 5.95 Å². The molecule has 0 aliphatic rings. The van der Waals surface area contributed by atoms with E-state index in [9.17, 15) is 4.79 Å². The van der Waals surface area contributed by atoms with Gasteiger partial charge in [-0.1, -0.05) is 48.5 Å². The molecule has 0 aliphatic heterocycles. The second kappa shape index (κ2) is 8.59. The molecule has 25 heavy (non-hydrogen) atoms. The third kappa shape index (κ3) is 5.14. The lowest BCUT2D eigenvalue weighted by Crippen LogP contribution is -2.13. The normalized spacial score (nSPS) is 10.2. The molecule has 0 aliphatic carbocycles. The molecule has 3 rings (SSSR count). The molecule has 2 aromatic carbocycles. The molecular weight excluding hydrogens is 312 g/mol. The van der Waals surface area contributed by atoms with E-state index < -0.39 is 0 Å². The highest BCUT2D eigenvalue weighted by Crippen LogP contribution is 2.08. The molecule has 2 N–H and O–H groups in total. The summed E-state index contributed by atoms with van der Waals surface area (Å²) in [7, 11) is 0. The molecule has 5 heteroatoms. The lowest BCUT2D eigenvalue weighted by Gasteiger charge is -2.07. The maximum atomic E-state index is 12.1. The number of hydrogen-bond donors (Lipinski definition) is 2. The largest absolute Gasteiger partial charge is 0.354 e. The number of hydrogen-bond acceptors (Lipinski definition) is 4. The van der Waals surface area contributed by atoms with Crippen molar-refractivity contribution in [3.63, 3.8) is 0 Å². The van der Waals surface area contributed by atoms with Crippen LogP contribution in [0.2, 0.25) is 0 Å². The number of anilines is 2. The molecule has 0 saturated carbocycles. The summed E-state index contributed by atoms with van der Waals surface area (Å²) in [4.78, 5) is 20.5. The van der Waals surface area contributed by atoms with Crippen molar-refractivity contribution >= 4 is 17.5 Å². The van der Waals surface area contributed by atoms with Crippen molar-refractivity contribution in [1.82, 2.24) is 9.97 Å². The van der Waals surface area contributed by atoms with Crippen LogP contribution in [0.3, 0.4) is 0 Å². The Bertz CT molecular complexity index is 789. The average Bonchev–Trinajstić information content (AvgIpc) is 2.67. The van der Waals surface area contributed by atoms with Gasteiger partial charge >= 0.3 is 0 Å². The van der Waals surface area contributed by atoms with Crippen LogP contribution in [0.15, 0.2) is 73.1 Å². The van der Waals surface area contributed by atoms with Crippen LogP contribution in [-0.4, -0.2) is 22.4 Å². The molecule has 0 unspecified atom stereocenters. The van der Waals surface area contributed by atoms with Gasteiger partial charge in [-0.2, -0.15) is 0 Å². The Morgan fingerprint density at radius 3 is 2.20 bits per heavy atom. The van der Waals surface area contributed by atoms with Crippen molar-refractivity contribution in [1.29, 1.82) is 0 Å². The highest BCUT2D eigenvalue weighted by Gasteiger charge is 2.07. The fraction of sp³-hybridized carbons (Fsp3) is 0.150. The van der Waals surface area contributed by atoms with E-state index in [1.54, 1.807) is 0 Å². The van der Waals surface area contributed by atoms with Crippen LogP contribution in [0, 0.1) is 0 Å². The predicted octanol–water partition coefficient (Wildman–Crippen LogP) is 3.77. The number of aromatic nitrogens is 2. The molecule has 3 aromatic rings. The third-order valence-electron chi connectivity index (χ3n) is 3.71. The minimum Gasteiger partial charge on any atom is -0.354 e. The summed E-state index contributed by atoms with van der Waals surface area (Å²) in [5, 5.41) is 5.99. The number of carbonyl (C=O) groups excluding carboxylic acids is 1. The summed E-state index contributed by atoms with van der Waals surface area (Å²) in [6, 6.07) is 19.7. The van der Waals surface area contributed by atoms with Crippen molar-refractivity contribution in [2.75, 3.05) is 17.2 Å². The number of nitrogens with one attached hydrogen (secondary N) is 2. The molecule has 126 valence electrons. The van der Waals surface area contributed by atoms with Crippen LogP contribution in [0.25, 0.3) is 0 Å². The predicted molar refractivity (Wildman–Crippen MR) is 99.7 cm³/mol. The Morgan fingerprint density at radius 1 is 0.880 bits per heavy atom. The molecule has 1 heterocycles. The van der Waals surface area contributed by atoms with E-state index in [1.165, 1.54) is 18.0 Å². The number of nitrogens with zero attached hydrogens (tertiary/aromatic N) is 2. The molecule has 0 bridgehead atoms. The molecular formula is C20H20N4O. The number of benzene rings is 2. The molecule has 0 saturated heterocycles. The van der Waals surface area contributed by atoms with Gasteiger partial charge in [-0.25, -0.2) is 9.97 Å². The van der Waals surface area contributed by atoms with Gasteiger partial charge in [-0.15, -0.1) is 0 Å². The van der Waals surface area contributed by atoms with Crippen LogP contribution >= 0.6 is 0 Å². The fourth-order valence-corrected chi connectivity index (χ4v) is 2.40. The maximum absolute atomic E-state index is 12.1. The third-order valence-corrected chi connectivity index (χ3v) is 3.71. The first-order valence-electron chi connectivity index (χ1n) is 8.27. The van der Waals surface area contributed by atoms with E-state index in [0.717, 1.165) is 25.1 Å². The van der Waals surface area contributed by atoms with Gasteiger partial charge in [0.1, 0.15) is 0 Å². The fourth-order valence-electron chi connectivity index (χ4n) is 2.40. The smallest absolute Gasteiger partial charge is 0.258 e. The summed E-state index contributed by atoms with van der Waals surface area (Å²) < 4.78 is 0. The van der Waals surface area contributed by atoms with Gasteiger partial charge in [0.25, 0.3) is 5.91 Å². The van der Waals surface area contributed by atoms with Crippen LogP contribution in [-0.2, 0) is 6.42 Å². The summed E-state index contributed by atoms with van der Waals surface area (Å²) in [6.45, 7) is 0.782. The zero-order valence-corrected chi connectivity index (χ0v) is 13.9. The Labute approximate surface area is 147 Å². The van der Waals surface area contributed by atoms with Gasteiger partial charge in [0, 0.05) is 24.6 Å². The molecule has 0 radical (unpaired) electrons. The van der Waals surface area contributed by atoms with Gasteiger partial charge in [-0.05, 0) is 30.5 Å². The molecule has 0 atom stereocenters. The van der Waals surface area contributed by atoms with E-state index in [0.29, 0.717) is 11.5 Å². The first-order valence-corrected chi connectivity index (χ1v) is 8.27. The van der Waals surface area contributed by atoms with Gasteiger partial charge in [0.15, 0.2) is 0 Å². The summed E-state index contributed by atoms with van der Waals surface area (Å²) in [5.41, 5.74) is 2.49. The minimum atomic E-state index is -0.221.